The molecule has 0 saturated heterocycles. The van der Waals surface area contributed by atoms with Crippen LogP contribution in [0.2, 0.25) is 0 Å². The lowest BCUT2D eigenvalue weighted by molar-refractivity contribution is -0.0552. The lowest BCUT2D eigenvalue weighted by atomic mass is 9.85. The lowest BCUT2D eigenvalue weighted by Gasteiger charge is -2.33. The van der Waals surface area contributed by atoms with Crippen LogP contribution in [0.4, 0.5) is 0 Å². The molecule has 0 aromatic heterocycles. The number of rotatable bonds is 5. The van der Waals surface area contributed by atoms with Crippen LogP contribution < -0.4 is 4.74 Å². The average Bonchev–Trinajstić information content (AvgIpc) is 2.88. The summed E-state index contributed by atoms with van der Waals surface area (Å²) >= 11 is 0. The van der Waals surface area contributed by atoms with Crippen molar-refractivity contribution in [3.63, 3.8) is 0 Å². The summed E-state index contributed by atoms with van der Waals surface area (Å²) in [4.78, 5) is 0. The molecule has 25 heavy (non-hydrogen) atoms. The molecule has 4 rings (SSSR count). The average molecular weight is 336 g/mol. The van der Waals surface area contributed by atoms with Gasteiger partial charge in [0.15, 0.2) is 0 Å². The fourth-order valence-electron chi connectivity index (χ4n) is 4.14. The Morgan fingerprint density at radius 3 is 2.72 bits per heavy atom. The van der Waals surface area contributed by atoms with Crippen molar-refractivity contribution in [2.24, 2.45) is 0 Å². The van der Waals surface area contributed by atoms with Gasteiger partial charge in [-0.1, -0.05) is 44.0 Å². The molecule has 1 N–H and O–H groups in total. The molecular formula is C22H24O3. The van der Waals surface area contributed by atoms with E-state index in [0.29, 0.717) is 5.75 Å². The predicted molar refractivity (Wildman–Crippen MR) is 98.7 cm³/mol. The zero-order chi connectivity index (χ0) is 17.4. The van der Waals surface area contributed by atoms with Crippen LogP contribution in [0.5, 0.6) is 11.5 Å². The smallest absolute Gasteiger partial charge is 0.121 e. The number of methoxy groups -OCH3 is 1. The van der Waals surface area contributed by atoms with Gasteiger partial charge in [0, 0.05) is 12.0 Å². The lowest BCUT2D eigenvalue weighted by Crippen LogP contribution is -2.26. The standard InChI is InChI=1S/C22H24O3/c1-3-4-12-22-14-16(15-8-10-17(24-2)11-9-15)13-20(25-22)21-18(22)6-5-7-19(21)23/h5-11,14,20,23H,3-4,12-13H2,1-2H3/t20-,22+/m0/s1. The van der Waals surface area contributed by atoms with Crippen LogP contribution in [-0.4, -0.2) is 12.2 Å². The third-order valence-corrected chi connectivity index (χ3v) is 5.39. The molecule has 0 unspecified atom stereocenters. The maximum atomic E-state index is 10.4. The van der Waals surface area contributed by atoms with Crippen LogP contribution in [-0.2, 0) is 10.3 Å². The maximum absolute atomic E-state index is 10.4. The molecule has 130 valence electrons. The molecule has 0 fully saturated rings. The highest BCUT2D eigenvalue weighted by Gasteiger charge is 2.47. The molecule has 0 spiro atoms. The van der Waals surface area contributed by atoms with Crippen molar-refractivity contribution in [1.29, 1.82) is 0 Å². The van der Waals surface area contributed by atoms with E-state index in [9.17, 15) is 5.11 Å². The second kappa shape index (κ2) is 6.23. The molecule has 2 aliphatic heterocycles. The van der Waals surface area contributed by atoms with Crippen LogP contribution in [0.25, 0.3) is 5.57 Å². The molecule has 2 bridgehead atoms. The summed E-state index contributed by atoms with van der Waals surface area (Å²) in [7, 11) is 1.68. The minimum Gasteiger partial charge on any atom is -0.508 e. The van der Waals surface area contributed by atoms with Gasteiger partial charge in [0.05, 0.1) is 13.2 Å². The highest BCUT2D eigenvalue weighted by Crippen LogP contribution is 2.57. The summed E-state index contributed by atoms with van der Waals surface area (Å²) in [5, 5.41) is 10.4. The summed E-state index contributed by atoms with van der Waals surface area (Å²) in [6, 6.07) is 14.0. The maximum Gasteiger partial charge on any atom is 0.121 e. The Bertz CT molecular complexity index is 807. The normalized spacial score (nSPS) is 23.9. The fraction of sp³-hybridized carbons (Fsp3) is 0.364. The van der Waals surface area contributed by atoms with Gasteiger partial charge in [-0.05, 0) is 47.4 Å². The van der Waals surface area contributed by atoms with Crippen LogP contribution in [0.3, 0.4) is 0 Å². The molecule has 0 radical (unpaired) electrons. The van der Waals surface area contributed by atoms with Gasteiger partial charge in [0.25, 0.3) is 0 Å². The number of phenols is 1. The largest absolute Gasteiger partial charge is 0.508 e. The van der Waals surface area contributed by atoms with Crippen molar-refractivity contribution >= 4 is 5.57 Å². The van der Waals surface area contributed by atoms with Crippen molar-refractivity contribution in [2.75, 3.05) is 7.11 Å². The van der Waals surface area contributed by atoms with E-state index in [0.717, 1.165) is 42.6 Å². The van der Waals surface area contributed by atoms with Gasteiger partial charge in [0.2, 0.25) is 0 Å². The Hall–Kier alpha value is -2.26. The molecule has 2 aromatic carbocycles. The van der Waals surface area contributed by atoms with Gasteiger partial charge < -0.3 is 14.6 Å². The Morgan fingerprint density at radius 1 is 1.20 bits per heavy atom. The van der Waals surface area contributed by atoms with Gasteiger partial charge in [-0.3, -0.25) is 0 Å². The Kier molecular flexibility index (Phi) is 4.04. The SMILES string of the molecule is CCCC[C@]12C=C(c3ccc(OC)cc3)C[C@H](O1)c1c(O)cccc12. The zero-order valence-corrected chi connectivity index (χ0v) is 14.8. The first-order valence-corrected chi connectivity index (χ1v) is 9.03. The van der Waals surface area contributed by atoms with Crippen molar-refractivity contribution in [3.8, 4) is 11.5 Å². The van der Waals surface area contributed by atoms with Gasteiger partial charge in [-0.15, -0.1) is 0 Å². The highest BCUT2D eigenvalue weighted by atomic mass is 16.5. The summed E-state index contributed by atoms with van der Waals surface area (Å²) in [6.45, 7) is 2.20. The third kappa shape index (κ3) is 2.63. The number of aromatic hydroxyl groups is 1. The first-order chi connectivity index (χ1) is 12.2. The number of benzene rings is 2. The topological polar surface area (TPSA) is 38.7 Å². The molecule has 2 heterocycles. The van der Waals surface area contributed by atoms with E-state index in [2.05, 4.69) is 31.2 Å². The Labute approximate surface area is 148 Å². The van der Waals surface area contributed by atoms with Gasteiger partial charge in [-0.25, -0.2) is 0 Å². The van der Waals surface area contributed by atoms with Crippen molar-refractivity contribution in [3.05, 3.63) is 65.2 Å². The molecule has 2 aromatic rings. The zero-order valence-electron chi connectivity index (χ0n) is 14.8. The van der Waals surface area contributed by atoms with Crippen LogP contribution >= 0.6 is 0 Å². The molecular weight excluding hydrogens is 312 g/mol. The van der Waals surface area contributed by atoms with E-state index in [1.54, 1.807) is 13.2 Å². The number of hydrogen-bond acceptors (Lipinski definition) is 3. The quantitative estimate of drug-likeness (QED) is 0.800. The predicted octanol–water partition coefficient (Wildman–Crippen LogP) is 5.34. The second-order valence-corrected chi connectivity index (χ2v) is 6.94. The van der Waals surface area contributed by atoms with E-state index in [4.69, 9.17) is 9.47 Å². The first kappa shape index (κ1) is 16.2. The van der Waals surface area contributed by atoms with Gasteiger partial charge >= 0.3 is 0 Å². The molecule has 2 aliphatic rings. The summed E-state index contributed by atoms with van der Waals surface area (Å²) < 4.78 is 11.7. The molecule has 0 saturated carbocycles. The van der Waals surface area contributed by atoms with E-state index < -0.39 is 5.60 Å². The monoisotopic (exact) mass is 336 g/mol. The first-order valence-electron chi connectivity index (χ1n) is 9.03. The van der Waals surface area contributed by atoms with E-state index in [-0.39, 0.29) is 6.10 Å². The van der Waals surface area contributed by atoms with Crippen molar-refractivity contribution in [1.82, 2.24) is 0 Å². The molecule has 3 nitrogen and oxygen atoms in total. The number of fused-ring (bicyclic) bond motifs is 5. The molecule has 0 amide bonds. The number of unbranched alkanes of at least 4 members (excludes halogenated alkanes) is 1. The molecule has 0 aliphatic carbocycles. The van der Waals surface area contributed by atoms with E-state index in [1.165, 1.54) is 11.1 Å². The summed E-state index contributed by atoms with van der Waals surface area (Å²) in [5.41, 5.74) is 4.17. The summed E-state index contributed by atoms with van der Waals surface area (Å²) in [6.07, 6.45) is 6.15. The molecule has 3 heteroatoms. The van der Waals surface area contributed by atoms with Crippen LogP contribution in [0.1, 0.15) is 55.4 Å². The van der Waals surface area contributed by atoms with Gasteiger partial charge in [0.1, 0.15) is 17.1 Å². The van der Waals surface area contributed by atoms with Crippen LogP contribution in [0, 0.1) is 0 Å². The van der Waals surface area contributed by atoms with E-state index in [1.807, 2.05) is 18.2 Å². The Balaban J connectivity index is 1.79. The number of phenolic OH excluding ortho intramolecular Hbond substituents is 1. The summed E-state index contributed by atoms with van der Waals surface area (Å²) in [5.74, 6) is 1.21. The second-order valence-electron chi connectivity index (χ2n) is 6.94. The van der Waals surface area contributed by atoms with Crippen molar-refractivity contribution in [2.45, 2.75) is 44.3 Å². The molecule has 2 atom stereocenters. The minimum absolute atomic E-state index is 0.0739. The van der Waals surface area contributed by atoms with Crippen molar-refractivity contribution < 1.29 is 14.6 Å². The minimum atomic E-state index is -0.414. The third-order valence-electron chi connectivity index (χ3n) is 5.39. The van der Waals surface area contributed by atoms with E-state index >= 15 is 0 Å². The van der Waals surface area contributed by atoms with Gasteiger partial charge in [-0.2, -0.15) is 0 Å². The number of ether oxygens (including phenoxy) is 2. The Morgan fingerprint density at radius 2 is 2.00 bits per heavy atom. The fourth-order valence-corrected chi connectivity index (χ4v) is 4.14. The highest BCUT2D eigenvalue weighted by molar-refractivity contribution is 5.72. The van der Waals surface area contributed by atoms with Crippen LogP contribution in [0.15, 0.2) is 48.5 Å². The number of hydrogen-bond donors (Lipinski definition) is 1.